The first-order chi connectivity index (χ1) is 12.3. The lowest BCUT2D eigenvalue weighted by atomic mass is 9.88. The maximum Gasteiger partial charge on any atom is 0.408 e. The molecule has 0 radical (unpaired) electrons. The van der Waals surface area contributed by atoms with Crippen LogP contribution >= 0.6 is 0 Å². The van der Waals surface area contributed by atoms with Gasteiger partial charge in [0.05, 0.1) is 11.7 Å². The van der Waals surface area contributed by atoms with E-state index in [2.05, 4.69) is 10.2 Å². The Morgan fingerprint density at radius 1 is 1.35 bits per heavy atom. The van der Waals surface area contributed by atoms with Gasteiger partial charge in [-0.2, -0.15) is 5.10 Å². The summed E-state index contributed by atoms with van der Waals surface area (Å²) in [5.74, 6) is -0.0436. The predicted octanol–water partition coefficient (Wildman–Crippen LogP) is 3.65. The maximum absolute atomic E-state index is 12.2. The number of benzene rings is 1. The Balaban J connectivity index is 2.17. The first-order valence-electron chi connectivity index (χ1n) is 8.76. The molecule has 1 aromatic heterocycles. The summed E-state index contributed by atoms with van der Waals surface area (Å²) in [7, 11) is 0. The van der Waals surface area contributed by atoms with Gasteiger partial charge in [0, 0.05) is 36.5 Å². The van der Waals surface area contributed by atoms with E-state index < -0.39 is 6.09 Å². The second-order valence-corrected chi connectivity index (χ2v) is 7.02. The molecule has 2 aromatic rings. The third kappa shape index (κ3) is 3.05. The number of hydrogen-bond donors (Lipinski definition) is 2. The molecule has 1 aromatic carbocycles. The summed E-state index contributed by atoms with van der Waals surface area (Å²) >= 11 is 0. The van der Waals surface area contributed by atoms with Crippen LogP contribution in [0.3, 0.4) is 0 Å². The van der Waals surface area contributed by atoms with Gasteiger partial charge < -0.3 is 10.0 Å². The fraction of sp³-hybridized carbons (Fsp3) is 0.421. The Labute approximate surface area is 152 Å². The van der Waals surface area contributed by atoms with E-state index in [0.717, 1.165) is 22.5 Å². The van der Waals surface area contributed by atoms with Crippen molar-refractivity contribution in [1.82, 2.24) is 15.1 Å². The summed E-state index contributed by atoms with van der Waals surface area (Å²) in [5.41, 5.74) is 3.39. The second kappa shape index (κ2) is 6.82. The Hall–Kier alpha value is -2.83. The number of carboxylic acid groups (broad SMARTS) is 1. The molecular weight excluding hydrogens is 332 g/mol. The average molecular weight is 356 g/mol. The molecule has 1 aliphatic rings. The van der Waals surface area contributed by atoms with Crippen molar-refractivity contribution in [3.05, 3.63) is 36.0 Å². The number of anilines is 1. The van der Waals surface area contributed by atoms with Crippen molar-refractivity contribution in [2.24, 2.45) is 0 Å². The van der Waals surface area contributed by atoms with E-state index in [1.54, 1.807) is 18.0 Å². The lowest BCUT2D eigenvalue weighted by Gasteiger charge is -2.43. The number of rotatable bonds is 3. The molecule has 138 valence electrons. The van der Waals surface area contributed by atoms with Crippen LogP contribution < -0.4 is 4.90 Å². The molecule has 2 N–H and O–H groups in total. The Kier molecular flexibility index (Phi) is 4.71. The minimum atomic E-state index is -0.952. The van der Waals surface area contributed by atoms with E-state index in [1.807, 2.05) is 45.0 Å². The number of H-pyrrole nitrogens is 1. The minimum absolute atomic E-state index is 0.0436. The van der Waals surface area contributed by atoms with Gasteiger partial charge in [-0.1, -0.05) is 6.07 Å². The SMILES string of the molecule is CC(=O)N1c2ccc(-c3ccn[nH]3)cc2C(N(C(=O)O)C(C)C)CC1C. The summed E-state index contributed by atoms with van der Waals surface area (Å²) < 4.78 is 0. The molecule has 0 saturated heterocycles. The number of hydrogen-bond acceptors (Lipinski definition) is 3. The number of fused-ring (bicyclic) bond motifs is 1. The van der Waals surface area contributed by atoms with Crippen molar-refractivity contribution in [1.29, 1.82) is 0 Å². The van der Waals surface area contributed by atoms with E-state index in [1.165, 1.54) is 4.90 Å². The Bertz CT molecular complexity index is 816. The van der Waals surface area contributed by atoms with Gasteiger partial charge in [0.2, 0.25) is 5.91 Å². The maximum atomic E-state index is 12.2. The third-order valence-corrected chi connectivity index (χ3v) is 4.92. The van der Waals surface area contributed by atoms with E-state index in [-0.39, 0.29) is 24.0 Å². The first kappa shape index (κ1) is 18.0. The van der Waals surface area contributed by atoms with Crippen LogP contribution in [0.2, 0.25) is 0 Å². The highest BCUT2D eigenvalue weighted by atomic mass is 16.4. The fourth-order valence-corrected chi connectivity index (χ4v) is 3.88. The smallest absolute Gasteiger partial charge is 0.408 e. The van der Waals surface area contributed by atoms with E-state index in [0.29, 0.717) is 6.42 Å². The van der Waals surface area contributed by atoms with Crippen LogP contribution in [0.1, 0.15) is 45.7 Å². The number of aromatic nitrogens is 2. The van der Waals surface area contributed by atoms with Gasteiger partial charge in [0.15, 0.2) is 0 Å². The fourth-order valence-electron chi connectivity index (χ4n) is 3.88. The zero-order valence-corrected chi connectivity index (χ0v) is 15.4. The molecule has 7 heteroatoms. The van der Waals surface area contributed by atoms with E-state index in [9.17, 15) is 14.7 Å². The zero-order chi connectivity index (χ0) is 19.0. The Morgan fingerprint density at radius 2 is 2.08 bits per heavy atom. The molecule has 0 bridgehead atoms. The van der Waals surface area contributed by atoms with Crippen molar-refractivity contribution in [2.75, 3.05) is 4.90 Å². The largest absolute Gasteiger partial charge is 0.465 e. The third-order valence-electron chi connectivity index (χ3n) is 4.92. The van der Waals surface area contributed by atoms with Crippen LogP contribution in [-0.2, 0) is 4.79 Å². The van der Waals surface area contributed by atoms with Gasteiger partial charge in [0.1, 0.15) is 0 Å². The molecule has 26 heavy (non-hydrogen) atoms. The normalized spacial score (nSPS) is 19.3. The molecule has 0 aliphatic carbocycles. The number of aromatic amines is 1. The summed E-state index contributed by atoms with van der Waals surface area (Å²) in [6.45, 7) is 7.24. The van der Waals surface area contributed by atoms with Crippen molar-refractivity contribution in [2.45, 2.75) is 52.2 Å². The molecule has 2 atom stereocenters. The highest BCUT2D eigenvalue weighted by molar-refractivity contribution is 5.94. The summed E-state index contributed by atoms with van der Waals surface area (Å²) in [6.07, 6.45) is 1.28. The monoisotopic (exact) mass is 356 g/mol. The average Bonchev–Trinajstić information content (AvgIpc) is 3.07. The molecule has 1 aliphatic heterocycles. The van der Waals surface area contributed by atoms with Crippen LogP contribution in [0.4, 0.5) is 10.5 Å². The first-order valence-corrected chi connectivity index (χ1v) is 8.76. The number of carbonyl (C=O) groups is 2. The molecule has 3 rings (SSSR count). The van der Waals surface area contributed by atoms with Crippen molar-refractivity contribution < 1.29 is 14.7 Å². The lowest BCUT2D eigenvalue weighted by Crippen LogP contribution is -2.48. The summed E-state index contributed by atoms with van der Waals surface area (Å²) in [4.78, 5) is 27.4. The molecule has 2 amide bonds. The topological polar surface area (TPSA) is 89.5 Å². The van der Waals surface area contributed by atoms with Gasteiger partial charge >= 0.3 is 6.09 Å². The number of carbonyl (C=O) groups excluding carboxylic acids is 1. The molecule has 0 saturated carbocycles. The second-order valence-electron chi connectivity index (χ2n) is 7.02. The number of nitrogens with one attached hydrogen (secondary N) is 1. The van der Waals surface area contributed by atoms with Gasteiger partial charge in [-0.3, -0.25) is 14.8 Å². The molecule has 7 nitrogen and oxygen atoms in total. The molecular formula is C19H24N4O3. The molecule has 2 heterocycles. The van der Waals surface area contributed by atoms with Gasteiger partial charge in [-0.15, -0.1) is 0 Å². The quantitative estimate of drug-likeness (QED) is 0.878. The van der Waals surface area contributed by atoms with Crippen LogP contribution in [-0.4, -0.2) is 44.3 Å². The Morgan fingerprint density at radius 3 is 2.62 bits per heavy atom. The highest BCUT2D eigenvalue weighted by Crippen LogP contribution is 2.42. The minimum Gasteiger partial charge on any atom is -0.465 e. The van der Waals surface area contributed by atoms with Crippen LogP contribution in [0.5, 0.6) is 0 Å². The molecule has 2 unspecified atom stereocenters. The zero-order valence-electron chi connectivity index (χ0n) is 15.4. The summed E-state index contributed by atoms with van der Waals surface area (Å²) in [6, 6.07) is 7.10. The van der Waals surface area contributed by atoms with Crippen molar-refractivity contribution in [3.8, 4) is 11.3 Å². The predicted molar refractivity (Wildman–Crippen MR) is 99.0 cm³/mol. The van der Waals surface area contributed by atoms with Crippen LogP contribution in [0.15, 0.2) is 30.5 Å². The highest BCUT2D eigenvalue weighted by Gasteiger charge is 2.38. The van der Waals surface area contributed by atoms with Crippen LogP contribution in [0, 0.1) is 0 Å². The van der Waals surface area contributed by atoms with E-state index in [4.69, 9.17) is 0 Å². The van der Waals surface area contributed by atoms with Crippen LogP contribution in [0.25, 0.3) is 11.3 Å². The number of amides is 2. The summed E-state index contributed by atoms with van der Waals surface area (Å²) in [5, 5.41) is 16.7. The van der Waals surface area contributed by atoms with Crippen molar-refractivity contribution >= 4 is 17.7 Å². The standard InChI is InChI=1S/C19H24N4O3/c1-11(2)22(19(25)26)18-9-12(3)23(13(4)24)17-6-5-14(10-15(17)18)16-7-8-20-21-16/h5-8,10-12,18H,9H2,1-4H3,(H,20,21)(H,25,26). The lowest BCUT2D eigenvalue weighted by molar-refractivity contribution is -0.117. The van der Waals surface area contributed by atoms with Gasteiger partial charge in [0.25, 0.3) is 0 Å². The van der Waals surface area contributed by atoms with Crippen molar-refractivity contribution in [3.63, 3.8) is 0 Å². The number of nitrogens with zero attached hydrogens (tertiary/aromatic N) is 3. The molecule has 0 spiro atoms. The molecule has 0 fully saturated rings. The van der Waals surface area contributed by atoms with E-state index >= 15 is 0 Å². The van der Waals surface area contributed by atoms with Gasteiger partial charge in [-0.25, -0.2) is 4.79 Å². The van der Waals surface area contributed by atoms with Gasteiger partial charge in [-0.05, 0) is 51.0 Å².